The van der Waals surface area contributed by atoms with Gasteiger partial charge in [-0.25, -0.2) is 4.79 Å². The van der Waals surface area contributed by atoms with Crippen LogP contribution in [0.15, 0.2) is 0 Å². The first-order valence-electron chi connectivity index (χ1n) is 10.3. The number of unbranched alkanes of at least 4 members (excludes halogenated alkanes) is 1. The molecule has 0 aliphatic heterocycles. The van der Waals surface area contributed by atoms with Crippen molar-refractivity contribution in [2.75, 3.05) is 13.1 Å². The highest BCUT2D eigenvalue weighted by atomic mass is 16.4. The number of carboxylic acid groups (broad SMARTS) is 2. The summed E-state index contributed by atoms with van der Waals surface area (Å²) < 4.78 is 0. The molecule has 0 saturated carbocycles. The molecule has 12 heteroatoms. The molecule has 3 amide bonds. The summed E-state index contributed by atoms with van der Waals surface area (Å²) in [6.45, 7) is 3.50. The smallest absolute Gasteiger partial charge is 0.326 e. The van der Waals surface area contributed by atoms with Crippen LogP contribution in [-0.2, 0) is 24.0 Å². The topological polar surface area (TPSA) is 214 Å². The first-order chi connectivity index (χ1) is 14.5. The highest BCUT2D eigenvalue weighted by Crippen LogP contribution is 2.10. The Morgan fingerprint density at radius 2 is 1.61 bits per heavy atom. The Morgan fingerprint density at radius 3 is 2.13 bits per heavy atom. The maximum atomic E-state index is 12.6. The Hall–Kier alpha value is -2.73. The van der Waals surface area contributed by atoms with Crippen molar-refractivity contribution in [1.29, 1.82) is 0 Å². The molecule has 0 rings (SSSR count). The Balaban J connectivity index is 4.87. The molecule has 0 aromatic heterocycles. The van der Waals surface area contributed by atoms with Gasteiger partial charge in [0.1, 0.15) is 12.1 Å². The molecule has 0 spiro atoms. The van der Waals surface area contributed by atoms with Gasteiger partial charge < -0.3 is 37.6 Å². The minimum Gasteiger partial charge on any atom is -0.481 e. The molecule has 0 saturated heterocycles. The second-order valence-corrected chi connectivity index (χ2v) is 7.37. The van der Waals surface area contributed by atoms with Crippen molar-refractivity contribution in [2.24, 2.45) is 17.4 Å². The normalized spacial score (nSPS) is 14.6. The van der Waals surface area contributed by atoms with Gasteiger partial charge in [0.2, 0.25) is 17.7 Å². The van der Waals surface area contributed by atoms with Crippen molar-refractivity contribution >= 4 is 29.7 Å². The number of nitrogens with one attached hydrogen (secondary N) is 3. The summed E-state index contributed by atoms with van der Waals surface area (Å²) in [6, 6.07) is -3.18. The van der Waals surface area contributed by atoms with Gasteiger partial charge in [-0.15, -0.1) is 0 Å². The lowest BCUT2D eigenvalue weighted by Gasteiger charge is -2.25. The first kappa shape index (κ1) is 28.3. The SMILES string of the molecule is CCC(C)C(NC(=O)CNC(=O)C(N)CCC(=O)O)C(=O)NC(CCCCN)C(=O)O. The zero-order valence-corrected chi connectivity index (χ0v) is 18.1. The summed E-state index contributed by atoms with van der Waals surface area (Å²) in [4.78, 5) is 58.7. The van der Waals surface area contributed by atoms with Crippen molar-refractivity contribution in [3.63, 3.8) is 0 Å². The number of hydrogen-bond donors (Lipinski definition) is 7. The lowest BCUT2D eigenvalue weighted by molar-refractivity contribution is -0.143. The van der Waals surface area contributed by atoms with E-state index in [4.69, 9.17) is 16.6 Å². The molecule has 4 unspecified atom stereocenters. The molecule has 31 heavy (non-hydrogen) atoms. The quantitative estimate of drug-likeness (QED) is 0.138. The molecule has 0 fully saturated rings. The van der Waals surface area contributed by atoms with Crippen LogP contribution >= 0.6 is 0 Å². The van der Waals surface area contributed by atoms with Crippen LogP contribution in [0.4, 0.5) is 0 Å². The van der Waals surface area contributed by atoms with E-state index in [0.29, 0.717) is 25.8 Å². The van der Waals surface area contributed by atoms with E-state index in [-0.39, 0.29) is 25.2 Å². The standard InChI is InChI=1S/C19H35N5O7/c1-3-11(2)16(18(29)23-13(19(30)31)6-4-5-9-20)24-14(25)10-22-17(28)12(21)7-8-15(26)27/h11-13,16H,3-10,20-21H2,1-2H3,(H,22,28)(H,23,29)(H,24,25)(H,26,27)(H,30,31). The Bertz CT molecular complexity index is 629. The number of nitrogens with two attached hydrogens (primary N) is 2. The molecule has 9 N–H and O–H groups in total. The van der Waals surface area contributed by atoms with Crippen LogP contribution in [0.3, 0.4) is 0 Å². The van der Waals surface area contributed by atoms with Crippen LogP contribution in [-0.4, -0.2) is 71.1 Å². The number of carbonyl (C=O) groups is 5. The lowest BCUT2D eigenvalue weighted by atomic mass is 9.97. The van der Waals surface area contributed by atoms with Crippen LogP contribution in [0.1, 0.15) is 52.4 Å². The minimum atomic E-state index is -1.18. The Kier molecular flexibility index (Phi) is 13.8. The number of rotatable bonds is 16. The van der Waals surface area contributed by atoms with E-state index < -0.39 is 54.3 Å². The van der Waals surface area contributed by atoms with Gasteiger partial charge in [0.25, 0.3) is 0 Å². The molecule has 0 radical (unpaired) electrons. The maximum Gasteiger partial charge on any atom is 0.326 e. The summed E-state index contributed by atoms with van der Waals surface area (Å²) in [7, 11) is 0. The van der Waals surface area contributed by atoms with Crippen LogP contribution in [0.25, 0.3) is 0 Å². The predicted molar refractivity (Wildman–Crippen MR) is 112 cm³/mol. The van der Waals surface area contributed by atoms with Crippen LogP contribution < -0.4 is 27.4 Å². The zero-order valence-electron chi connectivity index (χ0n) is 18.1. The van der Waals surface area contributed by atoms with Gasteiger partial charge in [0.05, 0.1) is 12.6 Å². The van der Waals surface area contributed by atoms with Crippen molar-refractivity contribution in [2.45, 2.75) is 70.5 Å². The number of amides is 3. The van der Waals surface area contributed by atoms with Gasteiger partial charge in [-0.2, -0.15) is 0 Å². The fraction of sp³-hybridized carbons (Fsp3) is 0.737. The molecule has 4 atom stereocenters. The molecule has 0 aromatic rings. The van der Waals surface area contributed by atoms with E-state index in [2.05, 4.69) is 16.0 Å². The lowest BCUT2D eigenvalue weighted by Crippen LogP contribution is -2.55. The molecule has 178 valence electrons. The van der Waals surface area contributed by atoms with Gasteiger partial charge in [-0.3, -0.25) is 19.2 Å². The van der Waals surface area contributed by atoms with E-state index in [1.807, 2.05) is 6.92 Å². The van der Waals surface area contributed by atoms with Crippen molar-refractivity contribution in [3.05, 3.63) is 0 Å². The molecule has 0 aromatic carbocycles. The van der Waals surface area contributed by atoms with E-state index in [0.717, 1.165) is 0 Å². The molecular weight excluding hydrogens is 410 g/mol. The average molecular weight is 446 g/mol. The Labute approximate surface area is 181 Å². The van der Waals surface area contributed by atoms with E-state index in [1.54, 1.807) is 6.92 Å². The number of carbonyl (C=O) groups excluding carboxylic acids is 3. The number of aliphatic carboxylic acids is 2. The highest BCUT2D eigenvalue weighted by Gasteiger charge is 2.29. The number of hydrogen-bond acceptors (Lipinski definition) is 7. The van der Waals surface area contributed by atoms with Gasteiger partial charge in [0.15, 0.2) is 0 Å². The largest absolute Gasteiger partial charge is 0.481 e. The van der Waals surface area contributed by atoms with Gasteiger partial charge in [0, 0.05) is 6.42 Å². The fourth-order valence-electron chi connectivity index (χ4n) is 2.65. The summed E-state index contributed by atoms with van der Waals surface area (Å²) in [6.07, 6.45) is 1.54. The third-order valence-corrected chi connectivity index (χ3v) is 4.80. The zero-order chi connectivity index (χ0) is 24.0. The van der Waals surface area contributed by atoms with Crippen molar-refractivity contribution in [1.82, 2.24) is 16.0 Å². The summed E-state index contributed by atoms with van der Waals surface area (Å²) in [5.74, 6) is -4.54. The monoisotopic (exact) mass is 445 g/mol. The van der Waals surface area contributed by atoms with Gasteiger partial charge in [-0.1, -0.05) is 20.3 Å². The fourth-order valence-corrected chi connectivity index (χ4v) is 2.65. The van der Waals surface area contributed by atoms with Gasteiger partial charge >= 0.3 is 11.9 Å². The third kappa shape index (κ3) is 11.9. The van der Waals surface area contributed by atoms with E-state index in [9.17, 15) is 29.1 Å². The molecule has 0 heterocycles. The maximum absolute atomic E-state index is 12.6. The Morgan fingerprint density at radius 1 is 0.968 bits per heavy atom. The van der Waals surface area contributed by atoms with Gasteiger partial charge in [-0.05, 0) is 38.1 Å². The van der Waals surface area contributed by atoms with Crippen molar-refractivity contribution < 1.29 is 34.2 Å². The summed E-state index contributed by atoms with van der Waals surface area (Å²) >= 11 is 0. The molecule has 12 nitrogen and oxygen atoms in total. The molecular formula is C19H35N5O7. The second kappa shape index (κ2) is 15.1. The van der Waals surface area contributed by atoms with E-state index >= 15 is 0 Å². The van der Waals surface area contributed by atoms with Crippen molar-refractivity contribution in [3.8, 4) is 0 Å². The minimum absolute atomic E-state index is 0.0819. The summed E-state index contributed by atoms with van der Waals surface area (Å²) in [5.41, 5.74) is 11.0. The molecule has 0 bridgehead atoms. The summed E-state index contributed by atoms with van der Waals surface area (Å²) in [5, 5.41) is 25.2. The van der Waals surface area contributed by atoms with E-state index in [1.165, 1.54) is 0 Å². The highest BCUT2D eigenvalue weighted by molar-refractivity contribution is 5.92. The molecule has 0 aliphatic rings. The average Bonchev–Trinajstić information content (AvgIpc) is 2.72. The predicted octanol–water partition coefficient (Wildman–Crippen LogP) is -1.48. The molecule has 0 aliphatic carbocycles. The second-order valence-electron chi connectivity index (χ2n) is 7.37. The van der Waals surface area contributed by atoms with Crippen LogP contribution in [0, 0.1) is 5.92 Å². The van der Waals surface area contributed by atoms with Crippen LogP contribution in [0.5, 0.6) is 0 Å². The first-order valence-corrected chi connectivity index (χ1v) is 10.3. The van der Waals surface area contributed by atoms with Crippen LogP contribution in [0.2, 0.25) is 0 Å². The number of carboxylic acids is 2. The third-order valence-electron chi connectivity index (χ3n) is 4.80.